The minimum Gasteiger partial charge on any atom is -0.507 e. The van der Waals surface area contributed by atoms with Gasteiger partial charge in [0.25, 0.3) is 11.7 Å². The van der Waals surface area contributed by atoms with Gasteiger partial charge >= 0.3 is 0 Å². The van der Waals surface area contributed by atoms with E-state index >= 15 is 0 Å². The number of nitrogens with zero attached hydrogens (tertiary/aromatic N) is 1. The maximum absolute atomic E-state index is 12.8. The van der Waals surface area contributed by atoms with Crippen molar-refractivity contribution in [1.82, 2.24) is 4.90 Å². The van der Waals surface area contributed by atoms with E-state index in [9.17, 15) is 14.7 Å². The fourth-order valence-electron chi connectivity index (χ4n) is 3.21. The molecule has 2 aromatic rings. The Kier molecular flexibility index (Phi) is 5.57. The highest BCUT2D eigenvalue weighted by Crippen LogP contribution is 2.39. The molecule has 1 amide bonds. The Hall–Kier alpha value is -3.12. The van der Waals surface area contributed by atoms with Gasteiger partial charge in [0.1, 0.15) is 11.5 Å². The van der Waals surface area contributed by atoms with Crippen LogP contribution in [-0.2, 0) is 14.3 Å². The topological polar surface area (TPSA) is 76.1 Å². The van der Waals surface area contributed by atoms with Gasteiger partial charge in [0.05, 0.1) is 25.3 Å². The third-order valence-electron chi connectivity index (χ3n) is 4.53. The predicted octanol–water partition coefficient (Wildman–Crippen LogP) is 2.76. The lowest BCUT2D eigenvalue weighted by atomic mass is 9.95. The number of rotatable bonds is 6. The molecule has 0 bridgehead atoms. The van der Waals surface area contributed by atoms with Gasteiger partial charge in [-0.25, -0.2) is 0 Å². The SMILES string of the molecule is COCCN1C(=O)C(=O)/C(=C(/O)c2cccc(OC)c2)C1c1ccccc1. The van der Waals surface area contributed by atoms with Crippen LogP contribution < -0.4 is 4.74 Å². The van der Waals surface area contributed by atoms with Crippen molar-refractivity contribution < 1.29 is 24.2 Å². The van der Waals surface area contributed by atoms with Gasteiger partial charge in [-0.15, -0.1) is 0 Å². The average Bonchev–Trinajstić information content (AvgIpc) is 2.97. The molecule has 27 heavy (non-hydrogen) atoms. The number of hydrogen-bond acceptors (Lipinski definition) is 5. The molecular weight excluding hydrogens is 346 g/mol. The average molecular weight is 367 g/mol. The molecule has 1 atom stereocenters. The van der Waals surface area contributed by atoms with Crippen LogP contribution in [0.2, 0.25) is 0 Å². The van der Waals surface area contributed by atoms with E-state index in [1.807, 2.05) is 30.3 Å². The van der Waals surface area contributed by atoms with Crippen molar-refractivity contribution in [3.8, 4) is 5.75 Å². The number of hydrogen-bond donors (Lipinski definition) is 1. The summed E-state index contributed by atoms with van der Waals surface area (Å²) in [5.74, 6) is -1.03. The summed E-state index contributed by atoms with van der Waals surface area (Å²) in [7, 11) is 3.05. The Morgan fingerprint density at radius 2 is 1.81 bits per heavy atom. The Morgan fingerprint density at radius 3 is 2.48 bits per heavy atom. The van der Waals surface area contributed by atoms with E-state index in [2.05, 4.69) is 0 Å². The zero-order chi connectivity index (χ0) is 19.4. The number of benzene rings is 2. The monoisotopic (exact) mass is 367 g/mol. The maximum atomic E-state index is 12.8. The molecule has 0 radical (unpaired) electrons. The number of ether oxygens (including phenoxy) is 2. The van der Waals surface area contributed by atoms with Crippen molar-refractivity contribution in [3.63, 3.8) is 0 Å². The second-order valence-corrected chi connectivity index (χ2v) is 6.13. The zero-order valence-corrected chi connectivity index (χ0v) is 15.2. The van der Waals surface area contributed by atoms with Crippen LogP contribution in [0.4, 0.5) is 0 Å². The maximum Gasteiger partial charge on any atom is 0.295 e. The van der Waals surface area contributed by atoms with E-state index in [0.29, 0.717) is 11.3 Å². The number of ketones is 1. The van der Waals surface area contributed by atoms with Gasteiger partial charge in [-0.05, 0) is 17.7 Å². The second-order valence-electron chi connectivity index (χ2n) is 6.13. The smallest absolute Gasteiger partial charge is 0.295 e. The molecule has 0 saturated carbocycles. The summed E-state index contributed by atoms with van der Waals surface area (Å²) >= 11 is 0. The van der Waals surface area contributed by atoms with Crippen molar-refractivity contribution >= 4 is 17.4 Å². The van der Waals surface area contributed by atoms with Crippen LogP contribution in [0.1, 0.15) is 17.2 Å². The molecule has 1 unspecified atom stereocenters. The van der Waals surface area contributed by atoms with Gasteiger partial charge in [-0.2, -0.15) is 0 Å². The highest BCUT2D eigenvalue weighted by molar-refractivity contribution is 6.46. The minimum atomic E-state index is -0.708. The van der Waals surface area contributed by atoms with Crippen LogP contribution >= 0.6 is 0 Å². The first-order valence-electron chi connectivity index (χ1n) is 8.55. The van der Waals surface area contributed by atoms with Crippen molar-refractivity contribution in [3.05, 3.63) is 71.3 Å². The quantitative estimate of drug-likeness (QED) is 0.483. The molecule has 140 valence electrons. The second kappa shape index (κ2) is 8.05. The minimum absolute atomic E-state index is 0.0653. The zero-order valence-electron chi connectivity index (χ0n) is 15.2. The first-order valence-corrected chi connectivity index (χ1v) is 8.55. The largest absolute Gasteiger partial charge is 0.507 e. The summed E-state index contributed by atoms with van der Waals surface area (Å²) in [6, 6.07) is 15.2. The third-order valence-corrected chi connectivity index (χ3v) is 4.53. The molecule has 1 aliphatic rings. The van der Waals surface area contributed by atoms with Crippen LogP contribution in [0, 0.1) is 0 Å². The Bertz CT molecular complexity index is 875. The van der Waals surface area contributed by atoms with Crippen LogP contribution in [-0.4, -0.2) is 49.1 Å². The van der Waals surface area contributed by atoms with Crippen LogP contribution in [0.25, 0.3) is 5.76 Å². The molecule has 1 heterocycles. The van der Waals surface area contributed by atoms with E-state index < -0.39 is 17.7 Å². The summed E-state index contributed by atoms with van der Waals surface area (Å²) in [6.45, 7) is 0.533. The number of amides is 1. The molecule has 0 aromatic heterocycles. The van der Waals surface area contributed by atoms with Gasteiger partial charge in [0.15, 0.2) is 0 Å². The highest BCUT2D eigenvalue weighted by Gasteiger charge is 2.45. The Balaban J connectivity index is 2.15. The van der Waals surface area contributed by atoms with Crippen molar-refractivity contribution in [2.45, 2.75) is 6.04 Å². The van der Waals surface area contributed by atoms with E-state index in [1.165, 1.54) is 19.1 Å². The fraction of sp³-hybridized carbons (Fsp3) is 0.238. The lowest BCUT2D eigenvalue weighted by Gasteiger charge is -2.25. The molecule has 1 saturated heterocycles. The van der Waals surface area contributed by atoms with Crippen molar-refractivity contribution in [1.29, 1.82) is 0 Å². The Labute approximate surface area is 157 Å². The van der Waals surface area contributed by atoms with Crippen LogP contribution in [0.3, 0.4) is 0 Å². The van der Waals surface area contributed by atoms with Gasteiger partial charge < -0.3 is 19.5 Å². The summed E-state index contributed by atoms with van der Waals surface area (Å²) in [5, 5.41) is 10.9. The van der Waals surface area contributed by atoms with E-state index in [0.717, 1.165) is 5.56 Å². The lowest BCUT2D eigenvalue weighted by molar-refractivity contribution is -0.140. The van der Waals surface area contributed by atoms with Gasteiger partial charge in [-0.1, -0.05) is 42.5 Å². The molecule has 1 fully saturated rings. The summed E-state index contributed by atoms with van der Waals surface area (Å²) in [4.78, 5) is 26.8. The summed E-state index contributed by atoms with van der Waals surface area (Å²) in [5.41, 5.74) is 1.23. The fourth-order valence-corrected chi connectivity index (χ4v) is 3.21. The lowest BCUT2D eigenvalue weighted by Crippen LogP contribution is -2.32. The van der Waals surface area contributed by atoms with E-state index in [-0.39, 0.29) is 24.5 Å². The highest BCUT2D eigenvalue weighted by atomic mass is 16.5. The Morgan fingerprint density at radius 1 is 1.07 bits per heavy atom. The summed E-state index contributed by atoms with van der Waals surface area (Å²) in [6.07, 6.45) is 0. The summed E-state index contributed by atoms with van der Waals surface area (Å²) < 4.78 is 10.3. The number of Topliss-reactive ketones (excluding diaryl/α,β-unsaturated/α-hetero) is 1. The predicted molar refractivity (Wildman–Crippen MR) is 100 cm³/mol. The van der Waals surface area contributed by atoms with Crippen molar-refractivity contribution in [2.75, 3.05) is 27.4 Å². The number of likely N-dealkylation sites (tertiary alicyclic amines) is 1. The molecule has 1 aliphatic heterocycles. The standard InChI is InChI=1S/C21H21NO5/c1-26-12-11-22-18(14-7-4-3-5-8-14)17(20(24)21(22)25)19(23)15-9-6-10-16(13-15)27-2/h3-10,13,18,23H,11-12H2,1-2H3/b19-17+. The van der Waals surface area contributed by atoms with Crippen LogP contribution in [0.5, 0.6) is 5.75 Å². The van der Waals surface area contributed by atoms with Crippen molar-refractivity contribution in [2.24, 2.45) is 0 Å². The molecule has 0 aliphatic carbocycles. The molecular formula is C21H21NO5. The van der Waals surface area contributed by atoms with Gasteiger partial charge in [0, 0.05) is 19.2 Å². The van der Waals surface area contributed by atoms with Gasteiger partial charge in [0.2, 0.25) is 0 Å². The molecule has 3 rings (SSSR count). The number of methoxy groups -OCH3 is 2. The molecule has 2 aromatic carbocycles. The first kappa shape index (κ1) is 18.7. The molecule has 6 nitrogen and oxygen atoms in total. The van der Waals surface area contributed by atoms with E-state index in [4.69, 9.17) is 9.47 Å². The number of aliphatic hydroxyl groups is 1. The number of carbonyl (C=O) groups is 2. The molecule has 0 spiro atoms. The normalized spacial score (nSPS) is 18.7. The molecule has 6 heteroatoms. The number of aliphatic hydroxyl groups excluding tert-OH is 1. The van der Waals surface area contributed by atoms with Gasteiger partial charge in [-0.3, -0.25) is 9.59 Å². The molecule has 1 N–H and O–H groups in total. The first-order chi connectivity index (χ1) is 13.1. The number of carbonyl (C=O) groups excluding carboxylic acids is 2. The van der Waals surface area contributed by atoms with Crippen LogP contribution in [0.15, 0.2) is 60.2 Å². The third kappa shape index (κ3) is 3.57. The van der Waals surface area contributed by atoms with E-state index in [1.54, 1.807) is 24.3 Å².